The molecule has 150 valence electrons. The maximum absolute atomic E-state index is 12.8. The number of benzene rings is 1. The van der Waals surface area contributed by atoms with E-state index in [4.69, 9.17) is 9.47 Å². The molecule has 0 radical (unpaired) electrons. The first kappa shape index (κ1) is 20.9. The summed E-state index contributed by atoms with van der Waals surface area (Å²) in [7, 11) is 0. The van der Waals surface area contributed by atoms with Gasteiger partial charge in [0, 0.05) is 9.35 Å². The Morgan fingerprint density at radius 2 is 1.93 bits per heavy atom. The second-order valence-electron chi connectivity index (χ2n) is 6.90. The van der Waals surface area contributed by atoms with E-state index in [1.165, 1.54) is 11.3 Å². The SMILES string of the molecule is CCOC(=O)c1c(NC(=O)C(C)Oc2c(C)cc(Br)cc2C)sc2c1CCC2. The first-order valence-corrected chi connectivity index (χ1v) is 11.0. The molecule has 1 N–H and O–H groups in total. The Kier molecular flexibility index (Phi) is 6.45. The number of ether oxygens (including phenoxy) is 2. The van der Waals surface area contributed by atoms with Gasteiger partial charge in [0.15, 0.2) is 6.10 Å². The lowest BCUT2D eigenvalue weighted by Gasteiger charge is -2.18. The van der Waals surface area contributed by atoms with Gasteiger partial charge in [0.2, 0.25) is 0 Å². The van der Waals surface area contributed by atoms with Crippen LogP contribution < -0.4 is 10.1 Å². The molecule has 28 heavy (non-hydrogen) atoms. The van der Waals surface area contributed by atoms with E-state index >= 15 is 0 Å². The first-order chi connectivity index (χ1) is 13.3. The standard InChI is InChI=1S/C21H24BrNO4S/c1-5-26-21(25)17-15-7-6-8-16(15)28-20(17)23-19(24)13(4)27-18-11(2)9-14(22)10-12(18)3/h9-10,13H,5-8H2,1-4H3,(H,23,24). The average molecular weight is 466 g/mol. The summed E-state index contributed by atoms with van der Waals surface area (Å²) in [6, 6.07) is 3.91. The van der Waals surface area contributed by atoms with E-state index in [0.29, 0.717) is 22.9 Å². The molecule has 0 spiro atoms. The Hall–Kier alpha value is -1.86. The van der Waals surface area contributed by atoms with Crippen LogP contribution >= 0.6 is 27.3 Å². The summed E-state index contributed by atoms with van der Waals surface area (Å²) in [5, 5.41) is 3.46. The third-order valence-corrected chi connectivity index (χ3v) is 6.39. The summed E-state index contributed by atoms with van der Waals surface area (Å²) >= 11 is 4.93. The normalized spacial score (nSPS) is 13.8. The lowest BCUT2D eigenvalue weighted by Crippen LogP contribution is -2.31. The van der Waals surface area contributed by atoms with Crippen LogP contribution in [0.5, 0.6) is 5.75 Å². The molecule has 0 saturated carbocycles. The zero-order valence-corrected chi connectivity index (χ0v) is 18.9. The van der Waals surface area contributed by atoms with E-state index < -0.39 is 6.10 Å². The van der Waals surface area contributed by atoms with Crippen molar-refractivity contribution in [1.82, 2.24) is 0 Å². The number of esters is 1. The number of nitrogens with one attached hydrogen (secondary N) is 1. The average Bonchev–Trinajstić information content (AvgIpc) is 3.18. The van der Waals surface area contributed by atoms with Crippen LogP contribution in [0.15, 0.2) is 16.6 Å². The maximum atomic E-state index is 12.8. The second-order valence-corrected chi connectivity index (χ2v) is 8.92. The highest BCUT2D eigenvalue weighted by atomic mass is 79.9. The topological polar surface area (TPSA) is 64.6 Å². The summed E-state index contributed by atoms with van der Waals surface area (Å²) in [4.78, 5) is 26.4. The zero-order valence-electron chi connectivity index (χ0n) is 16.5. The number of aryl methyl sites for hydroxylation is 3. The van der Waals surface area contributed by atoms with Crippen LogP contribution in [0.4, 0.5) is 5.00 Å². The predicted molar refractivity (Wildman–Crippen MR) is 115 cm³/mol. The van der Waals surface area contributed by atoms with Crippen LogP contribution in [-0.4, -0.2) is 24.6 Å². The number of thiophene rings is 1. The lowest BCUT2D eigenvalue weighted by atomic mass is 10.1. The molecular formula is C21H24BrNO4S. The molecule has 1 amide bonds. The number of hydrogen-bond acceptors (Lipinski definition) is 5. The van der Waals surface area contributed by atoms with E-state index in [0.717, 1.165) is 45.3 Å². The number of amides is 1. The molecule has 1 aliphatic rings. The highest BCUT2D eigenvalue weighted by Crippen LogP contribution is 2.39. The van der Waals surface area contributed by atoms with Gasteiger partial charge in [-0.25, -0.2) is 4.79 Å². The Balaban J connectivity index is 1.79. The van der Waals surface area contributed by atoms with Gasteiger partial charge in [-0.1, -0.05) is 15.9 Å². The van der Waals surface area contributed by atoms with Crippen molar-refractivity contribution in [3.05, 3.63) is 43.7 Å². The number of carbonyl (C=O) groups is 2. The van der Waals surface area contributed by atoms with Gasteiger partial charge in [0.1, 0.15) is 10.8 Å². The first-order valence-electron chi connectivity index (χ1n) is 9.37. The molecule has 0 aliphatic heterocycles. The highest BCUT2D eigenvalue weighted by Gasteiger charge is 2.29. The van der Waals surface area contributed by atoms with E-state index in [1.54, 1.807) is 13.8 Å². The highest BCUT2D eigenvalue weighted by molar-refractivity contribution is 9.10. The molecule has 1 aromatic heterocycles. The van der Waals surface area contributed by atoms with Gasteiger partial charge in [0.05, 0.1) is 12.2 Å². The number of rotatable bonds is 6. The minimum atomic E-state index is -0.703. The number of fused-ring (bicyclic) bond motifs is 1. The van der Waals surface area contributed by atoms with Gasteiger partial charge in [-0.15, -0.1) is 11.3 Å². The van der Waals surface area contributed by atoms with Gasteiger partial charge < -0.3 is 14.8 Å². The van der Waals surface area contributed by atoms with Crippen molar-refractivity contribution in [3.8, 4) is 5.75 Å². The van der Waals surface area contributed by atoms with E-state index in [-0.39, 0.29) is 11.9 Å². The molecule has 1 aliphatic carbocycles. The monoisotopic (exact) mass is 465 g/mol. The van der Waals surface area contributed by atoms with Gasteiger partial charge in [0.25, 0.3) is 5.91 Å². The summed E-state index contributed by atoms with van der Waals surface area (Å²) in [6.07, 6.45) is 2.11. The van der Waals surface area contributed by atoms with Crippen molar-refractivity contribution in [2.24, 2.45) is 0 Å². The van der Waals surface area contributed by atoms with Gasteiger partial charge in [-0.2, -0.15) is 0 Å². The molecule has 2 aromatic rings. The summed E-state index contributed by atoms with van der Waals surface area (Å²) in [5.74, 6) is 0.0442. The molecule has 7 heteroatoms. The van der Waals surface area contributed by atoms with Crippen molar-refractivity contribution in [2.75, 3.05) is 11.9 Å². The van der Waals surface area contributed by atoms with E-state index in [9.17, 15) is 9.59 Å². The summed E-state index contributed by atoms with van der Waals surface area (Å²) in [6.45, 7) is 7.68. The van der Waals surface area contributed by atoms with Crippen molar-refractivity contribution in [2.45, 2.75) is 53.1 Å². The zero-order chi connectivity index (χ0) is 20.4. The Bertz CT molecular complexity index is 898. The van der Waals surface area contributed by atoms with E-state index in [2.05, 4.69) is 21.2 Å². The molecule has 1 unspecified atom stereocenters. The molecule has 1 heterocycles. The molecule has 3 rings (SSSR count). The molecule has 0 saturated heterocycles. The fourth-order valence-electron chi connectivity index (χ4n) is 3.44. The minimum absolute atomic E-state index is 0.285. The van der Waals surface area contributed by atoms with Gasteiger partial charge >= 0.3 is 5.97 Å². The second kappa shape index (κ2) is 8.66. The summed E-state index contributed by atoms with van der Waals surface area (Å²) < 4.78 is 12.1. The largest absolute Gasteiger partial charge is 0.480 e. The Morgan fingerprint density at radius 3 is 2.57 bits per heavy atom. The van der Waals surface area contributed by atoms with Gasteiger partial charge in [-0.3, -0.25) is 4.79 Å². The van der Waals surface area contributed by atoms with Gasteiger partial charge in [-0.05, 0) is 75.8 Å². The van der Waals surface area contributed by atoms with Crippen LogP contribution in [0.3, 0.4) is 0 Å². The molecule has 0 bridgehead atoms. The molecule has 1 aromatic carbocycles. The quantitative estimate of drug-likeness (QED) is 0.595. The van der Waals surface area contributed by atoms with Crippen LogP contribution in [-0.2, 0) is 22.4 Å². The van der Waals surface area contributed by atoms with Crippen LogP contribution in [0, 0.1) is 13.8 Å². The van der Waals surface area contributed by atoms with Crippen molar-refractivity contribution in [3.63, 3.8) is 0 Å². The van der Waals surface area contributed by atoms with Crippen LogP contribution in [0.1, 0.15) is 52.2 Å². The Morgan fingerprint density at radius 1 is 1.25 bits per heavy atom. The third kappa shape index (κ3) is 4.25. The molecule has 1 atom stereocenters. The molecule has 0 fully saturated rings. The Labute approximate surface area is 177 Å². The molecular weight excluding hydrogens is 442 g/mol. The van der Waals surface area contributed by atoms with Crippen LogP contribution in [0.25, 0.3) is 0 Å². The van der Waals surface area contributed by atoms with Crippen molar-refractivity contribution < 1.29 is 19.1 Å². The fraction of sp³-hybridized carbons (Fsp3) is 0.429. The molecule has 5 nitrogen and oxygen atoms in total. The van der Waals surface area contributed by atoms with Crippen molar-refractivity contribution in [1.29, 1.82) is 0 Å². The van der Waals surface area contributed by atoms with E-state index in [1.807, 2.05) is 26.0 Å². The third-order valence-electron chi connectivity index (χ3n) is 4.73. The fourth-order valence-corrected chi connectivity index (χ4v) is 5.41. The lowest BCUT2D eigenvalue weighted by molar-refractivity contribution is -0.122. The summed E-state index contributed by atoms with van der Waals surface area (Å²) in [5.41, 5.74) is 3.44. The van der Waals surface area contributed by atoms with Crippen LogP contribution in [0.2, 0.25) is 0 Å². The number of hydrogen-bond donors (Lipinski definition) is 1. The number of carbonyl (C=O) groups excluding carboxylic acids is 2. The van der Waals surface area contributed by atoms with Crippen molar-refractivity contribution >= 4 is 44.1 Å². The number of halogens is 1. The maximum Gasteiger partial charge on any atom is 0.341 e. The minimum Gasteiger partial charge on any atom is -0.480 e. The predicted octanol–water partition coefficient (Wildman–Crippen LogP) is 5.20. The smallest absolute Gasteiger partial charge is 0.341 e. The number of anilines is 1.